The van der Waals surface area contributed by atoms with E-state index in [0.717, 1.165) is 70.6 Å². The van der Waals surface area contributed by atoms with Gasteiger partial charge in [-0.15, -0.1) is 0 Å². The maximum atomic E-state index is 12.1. The number of unbranched alkanes of at least 4 members (excludes halogenated alkanes) is 15. The summed E-state index contributed by atoms with van der Waals surface area (Å²) in [6.45, 7) is 4.03. The molecular formula is C38H66O5. The monoisotopic (exact) mass is 602 g/mol. The first-order valence-corrected chi connectivity index (χ1v) is 17.7. The second-order valence-electron chi connectivity index (χ2n) is 11.6. The van der Waals surface area contributed by atoms with E-state index in [-0.39, 0.29) is 25.2 Å². The molecule has 0 amide bonds. The number of hydrogen-bond acceptors (Lipinski definition) is 5. The summed E-state index contributed by atoms with van der Waals surface area (Å²) in [6, 6.07) is 0. The van der Waals surface area contributed by atoms with Crippen LogP contribution in [0.4, 0.5) is 0 Å². The molecule has 0 aliphatic heterocycles. The zero-order chi connectivity index (χ0) is 31.5. The van der Waals surface area contributed by atoms with Crippen molar-refractivity contribution < 1.29 is 24.2 Å². The Balaban J connectivity index is 3.64. The Morgan fingerprint density at radius 2 is 0.953 bits per heavy atom. The molecule has 0 aromatic carbocycles. The summed E-state index contributed by atoms with van der Waals surface area (Å²) >= 11 is 0. The summed E-state index contributed by atoms with van der Waals surface area (Å²) in [4.78, 5) is 24.1. The number of rotatable bonds is 31. The van der Waals surface area contributed by atoms with E-state index in [1.165, 1.54) is 64.2 Å². The zero-order valence-corrected chi connectivity index (χ0v) is 28.0. The standard InChI is InChI=1S/C38H66O5/c1-3-5-7-9-11-13-15-17-19-21-22-24-26-28-30-32-37(40)42-35-36(34-39)43-38(41)33-31-29-27-25-23-20-18-16-14-12-10-8-6-4-2/h10-13,16-19,36,39H,3-9,14-15,20-35H2,1-2H3/b12-10+,13-11+,18-16+,19-17+/t36-/m0/s1. The van der Waals surface area contributed by atoms with Crippen LogP contribution < -0.4 is 0 Å². The van der Waals surface area contributed by atoms with E-state index in [4.69, 9.17) is 9.47 Å². The van der Waals surface area contributed by atoms with E-state index in [1.807, 2.05) is 0 Å². The van der Waals surface area contributed by atoms with Crippen LogP contribution in [0, 0.1) is 0 Å². The predicted octanol–water partition coefficient (Wildman–Crippen LogP) is 10.7. The molecule has 1 N–H and O–H groups in total. The lowest BCUT2D eigenvalue weighted by Gasteiger charge is -2.15. The van der Waals surface area contributed by atoms with Crippen LogP contribution in [0.2, 0.25) is 0 Å². The number of carbonyl (C=O) groups is 2. The van der Waals surface area contributed by atoms with E-state index in [1.54, 1.807) is 0 Å². The minimum atomic E-state index is -0.783. The average molecular weight is 603 g/mol. The van der Waals surface area contributed by atoms with Gasteiger partial charge in [0.05, 0.1) is 6.61 Å². The Bertz CT molecular complexity index is 737. The molecule has 248 valence electrons. The molecular weight excluding hydrogens is 536 g/mol. The Morgan fingerprint density at radius 1 is 0.535 bits per heavy atom. The van der Waals surface area contributed by atoms with Gasteiger partial charge in [-0.2, -0.15) is 0 Å². The third-order valence-electron chi connectivity index (χ3n) is 7.35. The number of ether oxygens (including phenoxy) is 2. The molecule has 0 aliphatic carbocycles. The van der Waals surface area contributed by atoms with Crippen LogP contribution in [0.3, 0.4) is 0 Å². The number of hydrogen-bond donors (Lipinski definition) is 1. The van der Waals surface area contributed by atoms with E-state index in [9.17, 15) is 14.7 Å². The highest BCUT2D eigenvalue weighted by Gasteiger charge is 2.16. The van der Waals surface area contributed by atoms with Gasteiger partial charge in [0.1, 0.15) is 6.61 Å². The van der Waals surface area contributed by atoms with Crippen molar-refractivity contribution >= 4 is 11.9 Å². The Kier molecular flexibility index (Phi) is 32.6. The van der Waals surface area contributed by atoms with Crippen LogP contribution in [0.5, 0.6) is 0 Å². The number of esters is 2. The van der Waals surface area contributed by atoms with Crippen molar-refractivity contribution in [2.45, 2.75) is 168 Å². The fourth-order valence-corrected chi connectivity index (χ4v) is 4.60. The lowest BCUT2D eigenvalue weighted by Crippen LogP contribution is -2.28. The zero-order valence-electron chi connectivity index (χ0n) is 28.0. The Labute approximate surface area is 265 Å². The van der Waals surface area contributed by atoms with Gasteiger partial charge >= 0.3 is 11.9 Å². The first-order valence-electron chi connectivity index (χ1n) is 17.7. The molecule has 0 rings (SSSR count). The molecule has 43 heavy (non-hydrogen) atoms. The second-order valence-corrected chi connectivity index (χ2v) is 11.6. The lowest BCUT2D eigenvalue weighted by molar-refractivity contribution is -0.161. The van der Waals surface area contributed by atoms with Crippen molar-refractivity contribution in [2.24, 2.45) is 0 Å². The third-order valence-corrected chi connectivity index (χ3v) is 7.35. The highest BCUT2D eigenvalue weighted by atomic mass is 16.6. The van der Waals surface area contributed by atoms with Gasteiger partial charge < -0.3 is 14.6 Å². The van der Waals surface area contributed by atoms with E-state index in [0.29, 0.717) is 12.8 Å². The first kappa shape index (κ1) is 40.9. The largest absolute Gasteiger partial charge is 0.462 e. The van der Waals surface area contributed by atoms with Crippen molar-refractivity contribution in [2.75, 3.05) is 13.2 Å². The maximum absolute atomic E-state index is 12.1. The van der Waals surface area contributed by atoms with Crippen molar-refractivity contribution in [3.63, 3.8) is 0 Å². The van der Waals surface area contributed by atoms with Gasteiger partial charge in [-0.05, 0) is 70.6 Å². The van der Waals surface area contributed by atoms with E-state index < -0.39 is 6.10 Å². The smallest absolute Gasteiger partial charge is 0.306 e. The molecule has 0 bridgehead atoms. The molecule has 1 atom stereocenters. The highest BCUT2D eigenvalue weighted by Crippen LogP contribution is 2.11. The number of aliphatic hydroxyl groups excluding tert-OH is 1. The Morgan fingerprint density at radius 3 is 1.44 bits per heavy atom. The van der Waals surface area contributed by atoms with Crippen LogP contribution in [0.15, 0.2) is 48.6 Å². The van der Waals surface area contributed by atoms with Crippen molar-refractivity contribution in [1.29, 1.82) is 0 Å². The number of allylic oxidation sites excluding steroid dienone is 8. The van der Waals surface area contributed by atoms with Crippen LogP contribution in [-0.4, -0.2) is 36.4 Å². The van der Waals surface area contributed by atoms with Crippen LogP contribution in [-0.2, 0) is 19.1 Å². The number of carbonyl (C=O) groups excluding carboxylic acids is 2. The molecule has 0 aliphatic rings. The molecule has 0 radical (unpaired) electrons. The first-order chi connectivity index (χ1) is 21.1. The molecule has 0 unspecified atom stereocenters. The van der Waals surface area contributed by atoms with Crippen molar-refractivity contribution in [1.82, 2.24) is 0 Å². The number of aliphatic hydroxyl groups is 1. The quantitative estimate of drug-likeness (QED) is 0.0485. The molecule has 0 fully saturated rings. The Hall–Kier alpha value is -2.14. The van der Waals surface area contributed by atoms with Crippen molar-refractivity contribution in [3.05, 3.63) is 48.6 Å². The lowest BCUT2D eigenvalue weighted by atomic mass is 10.1. The van der Waals surface area contributed by atoms with Crippen LogP contribution in [0.1, 0.15) is 162 Å². The predicted molar refractivity (Wildman–Crippen MR) is 182 cm³/mol. The van der Waals surface area contributed by atoms with Gasteiger partial charge in [0, 0.05) is 12.8 Å². The van der Waals surface area contributed by atoms with Gasteiger partial charge in [-0.1, -0.05) is 127 Å². The topological polar surface area (TPSA) is 72.8 Å². The molecule has 0 heterocycles. The van der Waals surface area contributed by atoms with E-state index in [2.05, 4.69) is 62.5 Å². The fourth-order valence-electron chi connectivity index (χ4n) is 4.60. The minimum Gasteiger partial charge on any atom is -0.462 e. The molecule has 5 heteroatoms. The van der Waals surface area contributed by atoms with Gasteiger partial charge in [0.2, 0.25) is 0 Å². The summed E-state index contributed by atoms with van der Waals surface area (Å²) in [6.07, 6.45) is 41.6. The molecule has 0 aromatic rings. The van der Waals surface area contributed by atoms with Gasteiger partial charge in [-0.3, -0.25) is 9.59 Å². The normalized spacial score (nSPS) is 12.7. The highest BCUT2D eigenvalue weighted by molar-refractivity contribution is 5.70. The van der Waals surface area contributed by atoms with Gasteiger partial charge in [0.25, 0.3) is 0 Å². The maximum Gasteiger partial charge on any atom is 0.306 e. The molecule has 0 spiro atoms. The summed E-state index contributed by atoms with van der Waals surface area (Å²) in [5.41, 5.74) is 0. The van der Waals surface area contributed by atoms with E-state index >= 15 is 0 Å². The average Bonchev–Trinajstić information content (AvgIpc) is 3.01. The molecule has 0 saturated carbocycles. The summed E-state index contributed by atoms with van der Waals surface area (Å²) in [5.74, 6) is -0.628. The summed E-state index contributed by atoms with van der Waals surface area (Å²) in [5, 5.41) is 9.51. The van der Waals surface area contributed by atoms with Crippen LogP contribution in [0.25, 0.3) is 0 Å². The third kappa shape index (κ3) is 32.6. The summed E-state index contributed by atoms with van der Waals surface area (Å²) < 4.78 is 10.5. The van der Waals surface area contributed by atoms with Gasteiger partial charge in [-0.25, -0.2) is 0 Å². The second kappa shape index (κ2) is 34.4. The van der Waals surface area contributed by atoms with Gasteiger partial charge in [0.15, 0.2) is 6.10 Å². The fraction of sp³-hybridized carbons (Fsp3) is 0.737. The molecule has 0 saturated heterocycles. The SMILES string of the molecule is CCCC/C=C/C/C=C/CCCCCCCC(=O)O[C@@H](CO)COC(=O)CCCCCCC/C=C/C/C=C/CCCCC. The summed E-state index contributed by atoms with van der Waals surface area (Å²) in [7, 11) is 0. The van der Waals surface area contributed by atoms with Crippen LogP contribution >= 0.6 is 0 Å². The van der Waals surface area contributed by atoms with Crippen molar-refractivity contribution in [3.8, 4) is 0 Å². The minimum absolute atomic E-state index is 0.0800. The molecule has 5 nitrogen and oxygen atoms in total. The molecule has 0 aromatic heterocycles.